The predicted octanol–water partition coefficient (Wildman–Crippen LogP) is 2.83. The van der Waals surface area contributed by atoms with E-state index in [-0.39, 0.29) is 23.5 Å². The lowest BCUT2D eigenvalue weighted by atomic mass is 10.1. The predicted molar refractivity (Wildman–Crippen MR) is 99.6 cm³/mol. The van der Waals surface area contributed by atoms with Crippen molar-refractivity contribution in [2.75, 3.05) is 24.7 Å². The van der Waals surface area contributed by atoms with Crippen molar-refractivity contribution in [1.29, 1.82) is 0 Å². The lowest BCUT2D eigenvalue weighted by molar-refractivity contribution is -0.133. The summed E-state index contributed by atoms with van der Waals surface area (Å²) in [5, 5.41) is 0. The molecule has 1 amide bonds. The molecule has 1 heterocycles. The van der Waals surface area contributed by atoms with Crippen LogP contribution in [-0.2, 0) is 21.1 Å². The second-order valence-corrected chi connectivity index (χ2v) is 8.77. The van der Waals surface area contributed by atoms with Gasteiger partial charge in [-0.25, -0.2) is 8.42 Å². The van der Waals surface area contributed by atoms with Crippen molar-refractivity contribution in [1.82, 2.24) is 4.90 Å². The topological polar surface area (TPSA) is 63.7 Å². The molecule has 1 aromatic carbocycles. The fourth-order valence-corrected chi connectivity index (χ4v) is 4.98. The molecule has 0 saturated carbocycles. The van der Waals surface area contributed by atoms with Gasteiger partial charge in [-0.1, -0.05) is 31.5 Å². The third-order valence-electron chi connectivity index (χ3n) is 4.60. The maximum atomic E-state index is 12.8. The third kappa shape index (κ3) is 5.73. The Labute approximate surface area is 151 Å². The Kier molecular flexibility index (Phi) is 7.29. The van der Waals surface area contributed by atoms with Crippen LogP contribution in [0.3, 0.4) is 0 Å². The second-order valence-electron chi connectivity index (χ2n) is 6.54. The number of sulfone groups is 1. The fourth-order valence-electron chi connectivity index (χ4n) is 3.25. The van der Waals surface area contributed by atoms with Gasteiger partial charge in [0.25, 0.3) is 0 Å². The minimum atomic E-state index is -2.99. The van der Waals surface area contributed by atoms with Gasteiger partial charge in [-0.05, 0) is 37.8 Å². The van der Waals surface area contributed by atoms with E-state index >= 15 is 0 Å². The van der Waals surface area contributed by atoms with E-state index in [0.29, 0.717) is 32.4 Å². The Hall–Kier alpha value is -1.56. The number of nitrogens with zero attached hydrogens (tertiary/aromatic N) is 1. The molecule has 25 heavy (non-hydrogen) atoms. The van der Waals surface area contributed by atoms with Crippen molar-refractivity contribution in [3.05, 3.63) is 29.8 Å². The number of hydrogen-bond donors (Lipinski definition) is 0. The third-order valence-corrected chi connectivity index (χ3v) is 6.35. The van der Waals surface area contributed by atoms with E-state index in [1.165, 1.54) is 0 Å². The van der Waals surface area contributed by atoms with Crippen LogP contribution in [0.1, 0.15) is 45.1 Å². The average molecular weight is 368 g/mol. The number of ether oxygens (including phenoxy) is 1. The Morgan fingerprint density at radius 3 is 2.68 bits per heavy atom. The van der Waals surface area contributed by atoms with Crippen molar-refractivity contribution >= 4 is 15.7 Å². The first-order valence-electron chi connectivity index (χ1n) is 9.17. The minimum Gasteiger partial charge on any atom is -0.494 e. The molecule has 1 aromatic rings. The summed E-state index contributed by atoms with van der Waals surface area (Å²) in [6.45, 7) is 5.25. The van der Waals surface area contributed by atoms with Crippen LogP contribution in [0, 0.1) is 0 Å². The zero-order valence-electron chi connectivity index (χ0n) is 15.2. The number of carbonyl (C=O) groups is 1. The molecule has 1 fully saturated rings. The summed E-state index contributed by atoms with van der Waals surface area (Å²) < 4.78 is 29.2. The van der Waals surface area contributed by atoms with E-state index in [2.05, 4.69) is 6.92 Å². The molecule has 1 atom stereocenters. The summed E-state index contributed by atoms with van der Waals surface area (Å²) in [5.41, 5.74) is 1.02. The van der Waals surface area contributed by atoms with Gasteiger partial charge in [-0.3, -0.25) is 4.79 Å². The molecule has 2 rings (SSSR count). The van der Waals surface area contributed by atoms with Crippen LogP contribution in [0.5, 0.6) is 5.75 Å². The van der Waals surface area contributed by atoms with E-state index in [0.717, 1.165) is 24.2 Å². The van der Waals surface area contributed by atoms with Crippen LogP contribution < -0.4 is 4.74 Å². The Balaban J connectivity index is 2.02. The van der Waals surface area contributed by atoms with Crippen molar-refractivity contribution in [3.63, 3.8) is 0 Å². The summed E-state index contributed by atoms with van der Waals surface area (Å²) in [5.74, 6) is 1.17. The first kappa shape index (κ1) is 19.8. The van der Waals surface area contributed by atoms with Crippen LogP contribution in [0.4, 0.5) is 0 Å². The highest BCUT2D eigenvalue weighted by atomic mass is 32.2. The monoisotopic (exact) mass is 367 g/mol. The Morgan fingerprint density at radius 2 is 2.04 bits per heavy atom. The number of unbranched alkanes of at least 4 members (excludes halogenated alkanes) is 1. The molecule has 0 bridgehead atoms. The van der Waals surface area contributed by atoms with Gasteiger partial charge in [-0.15, -0.1) is 0 Å². The number of amides is 1. The van der Waals surface area contributed by atoms with Gasteiger partial charge in [0.15, 0.2) is 9.84 Å². The van der Waals surface area contributed by atoms with Gasteiger partial charge in [-0.2, -0.15) is 0 Å². The van der Waals surface area contributed by atoms with Gasteiger partial charge < -0.3 is 9.64 Å². The summed E-state index contributed by atoms with van der Waals surface area (Å²) in [7, 11) is -2.99. The molecule has 1 aliphatic heterocycles. The zero-order valence-corrected chi connectivity index (χ0v) is 16.1. The number of aryl methyl sites for hydroxylation is 1. The van der Waals surface area contributed by atoms with E-state index in [9.17, 15) is 13.2 Å². The summed E-state index contributed by atoms with van der Waals surface area (Å²) in [6.07, 6.45) is 3.43. The van der Waals surface area contributed by atoms with Crippen molar-refractivity contribution in [2.24, 2.45) is 0 Å². The molecule has 0 spiro atoms. The molecule has 0 aliphatic carbocycles. The summed E-state index contributed by atoms with van der Waals surface area (Å²) in [4.78, 5) is 14.6. The van der Waals surface area contributed by atoms with E-state index in [4.69, 9.17) is 4.74 Å². The quantitative estimate of drug-likeness (QED) is 0.673. The maximum absolute atomic E-state index is 12.8. The van der Waals surface area contributed by atoms with E-state index < -0.39 is 9.84 Å². The number of benzene rings is 1. The SMILES string of the molecule is CCCCN(C(=O)CCc1ccccc1OCC)C1CCS(=O)(=O)C1. The average Bonchev–Trinajstić information content (AvgIpc) is 2.94. The number of para-hydroxylation sites is 1. The number of hydrogen-bond acceptors (Lipinski definition) is 4. The number of rotatable bonds is 9. The zero-order chi connectivity index (χ0) is 18.3. The first-order chi connectivity index (χ1) is 12.0. The highest BCUT2D eigenvalue weighted by Gasteiger charge is 2.34. The maximum Gasteiger partial charge on any atom is 0.223 e. The highest BCUT2D eigenvalue weighted by molar-refractivity contribution is 7.91. The molecular weight excluding hydrogens is 338 g/mol. The molecule has 1 aliphatic rings. The molecule has 1 unspecified atom stereocenters. The molecule has 1 saturated heterocycles. The molecule has 0 aromatic heterocycles. The Morgan fingerprint density at radius 1 is 1.28 bits per heavy atom. The molecule has 0 N–H and O–H groups in total. The smallest absolute Gasteiger partial charge is 0.223 e. The lowest BCUT2D eigenvalue weighted by Gasteiger charge is -2.28. The minimum absolute atomic E-state index is 0.0434. The highest BCUT2D eigenvalue weighted by Crippen LogP contribution is 2.22. The van der Waals surface area contributed by atoms with Crippen molar-refractivity contribution in [2.45, 2.75) is 52.0 Å². The van der Waals surface area contributed by atoms with Gasteiger partial charge in [0, 0.05) is 19.0 Å². The van der Waals surface area contributed by atoms with Crippen LogP contribution in [-0.4, -0.2) is 49.9 Å². The molecule has 0 radical (unpaired) electrons. The van der Waals surface area contributed by atoms with Gasteiger partial charge in [0.1, 0.15) is 5.75 Å². The second kappa shape index (κ2) is 9.22. The van der Waals surface area contributed by atoms with E-state index in [1.54, 1.807) is 4.90 Å². The van der Waals surface area contributed by atoms with Crippen LogP contribution >= 0.6 is 0 Å². The summed E-state index contributed by atoms with van der Waals surface area (Å²) >= 11 is 0. The Bertz CT molecular complexity index is 672. The van der Waals surface area contributed by atoms with Crippen molar-refractivity contribution < 1.29 is 17.9 Å². The largest absolute Gasteiger partial charge is 0.494 e. The molecule has 140 valence electrons. The van der Waals surface area contributed by atoms with Crippen LogP contribution in [0.15, 0.2) is 24.3 Å². The van der Waals surface area contributed by atoms with Crippen LogP contribution in [0.25, 0.3) is 0 Å². The number of carbonyl (C=O) groups excluding carboxylic acids is 1. The molecule has 6 heteroatoms. The van der Waals surface area contributed by atoms with Crippen LogP contribution in [0.2, 0.25) is 0 Å². The standard InChI is InChI=1S/C19H29NO4S/c1-3-5-13-20(17-12-14-25(22,23)15-17)19(21)11-10-16-8-6-7-9-18(16)24-4-2/h6-9,17H,3-5,10-15H2,1-2H3. The normalized spacial score (nSPS) is 18.9. The van der Waals surface area contributed by atoms with Crippen molar-refractivity contribution in [3.8, 4) is 5.75 Å². The summed E-state index contributed by atoms with van der Waals surface area (Å²) in [6, 6.07) is 7.61. The lowest BCUT2D eigenvalue weighted by Crippen LogP contribution is -2.41. The first-order valence-corrected chi connectivity index (χ1v) is 11.0. The van der Waals surface area contributed by atoms with Gasteiger partial charge in [0.05, 0.1) is 18.1 Å². The van der Waals surface area contributed by atoms with Gasteiger partial charge >= 0.3 is 0 Å². The molecular formula is C19H29NO4S. The van der Waals surface area contributed by atoms with E-state index in [1.807, 2.05) is 31.2 Å². The molecule has 5 nitrogen and oxygen atoms in total. The fraction of sp³-hybridized carbons (Fsp3) is 0.632. The van der Waals surface area contributed by atoms with Gasteiger partial charge in [0.2, 0.25) is 5.91 Å².